The van der Waals surface area contributed by atoms with Gasteiger partial charge in [0.1, 0.15) is 0 Å². The first-order valence-corrected chi connectivity index (χ1v) is 6.12. The third kappa shape index (κ3) is 2.24. The lowest BCUT2D eigenvalue weighted by molar-refractivity contribution is -0.140. The van der Waals surface area contributed by atoms with Gasteiger partial charge in [0.2, 0.25) is 5.91 Å². The molecule has 0 saturated heterocycles. The number of aliphatic carboxylic acids is 1. The van der Waals surface area contributed by atoms with Crippen molar-refractivity contribution < 1.29 is 24.6 Å². The number of aromatic carboxylic acids is 1. The van der Waals surface area contributed by atoms with Crippen LogP contribution >= 0.6 is 0 Å². The number of carboxylic acids is 2. The molecule has 1 aliphatic carbocycles. The molecule has 6 nitrogen and oxygen atoms in total. The van der Waals surface area contributed by atoms with Crippen molar-refractivity contribution in [2.75, 3.05) is 5.32 Å². The summed E-state index contributed by atoms with van der Waals surface area (Å²) in [5.41, 5.74) is -0.461. The lowest BCUT2D eigenvalue weighted by Gasteiger charge is -2.08. The van der Waals surface area contributed by atoms with Crippen molar-refractivity contribution in [2.45, 2.75) is 13.8 Å². The van der Waals surface area contributed by atoms with Crippen LogP contribution in [0.5, 0.6) is 0 Å². The molecule has 1 aromatic carbocycles. The van der Waals surface area contributed by atoms with Gasteiger partial charge in [-0.1, -0.05) is 26.0 Å². The number of anilines is 1. The molecule has 106 valence electrons. The molecule has 0 aromatic heterocycles. The lowest BCUT2D eigenvalue weighted by Crippen LogP contribution is -2.19. The zero-order valence-electron chi connectivity index (χ0n) is 11.1. The van der Waals surface area contributed by atoms with Gasteiger partial charge >= 0.3 is 11.9 Å². The number of benzene rings is 1. The Morgan fingerprint density at radius 1 is 1.10 bits per heavy atom. The fraction of sp³-hybridized carbons (Fsp3) is 0.357. The van der Waals surface area contributed by atoms with E-state index < -0.39 is 35.1 Å². The number of rotatable bonds is 4. The van der Waals surface area contributed by atoms with Gasteiger partial charge in [-0.05, 0) is 17.5 Å². The van der Waals surface area contributed by atoms with Crippen molar-refractivity contribution in [2.24, 2.45) is 17.3 Å². The molecule has 0 heterocycles. The average Bonchev–Trinajstić information content (AvgIpc) is 2.93. The molecule has 0 radical (unpaired) electrons. The first kappa shape index (κ1) is 14.0. The summed E-state index contributed by atoms with van der Waals surface area (Å²) in [6, 6.07) is 6.02. The minimum atomic E-state index is -1.15. The summed E-state index contributed by atoms with van der Waals surface area (Å²) in [6.07, 6.45) is 0. The highest BCUT2D eigenvalue weighted by Crippen LogP contribution is 2.58. The van der Waals surface area contributed by atoms with E-state index in [1.807, 2.05) is 0 Å². The van der Waals surface area contributed by atoms with Gasteiger partial charge < -0.3 is 15.5 Å². The van der Waals surface area contributed by atoms with Crippen LogP contribution in [0.25, 0.3) is 0 Å². The van der Waals surface area contributed by atoms with Crippen LogP contribution in [0.2, 0.25) is 0 Å². The standard InChI is InChI=1S/C14H15NO5/c1-14(2)9(10(14)13(19)20)11(16)15-8-6-4-3-5-7(8)12(17)18/h3-6,9-10H,1-2H3,(H,15,16)(H,17,18)(H,19,20)/t9-,10+/m1/s1. The number of carbonyl (C=O) groups is 3. The molecule has 2 rings (SSSR count). The van der Waals surface area contributed by atoms with Gasteiger partial charge in [0, 0.05) is 0 Å². The number of hydrogen-bond acceptors (Lipinski definition) is 3. The van der Waals surface area contributed by atoms with Gasteiger partial charge in [0.25, 0.3) is 0 Å². The molecule has 1 fully saturated rings. The average molecular weight is 277 g/mol. The lowest BCUT2D eigenvalue weighted by atomic mass is 10.1. The highest BCUT2D eigenvalue weighted by Gasteiger charge is 2.65. The van der Waals surface area contributed by atoms with E-state index in [0.29, 0.717) is 0 Å². The minimum absolute atomic E-state index is 0.0221. The minimum Gasteiger partial charge on any atom is -0.481 e. The zero-order valence-corrected chi connectivity index (χ0v) is 11.1. The van der Waals surface area contributed by atoms with E-state index in [1.54, 1.807) is 26.0 Å². The van der Waals surface area contributed by atoms with E-state index in [-0.39, 0.29) is 11.3 Å². The van der Waals surface area contributed by atoms with E-state index >= 15 is 0 Å². The summed E-state index contributed by atoms with van der Waals surface area (Å²) in [4.78, 5) is 34.2. The number of carbonyl (C=O) groups excluding carboxylic acids is 1. The molecular weight excluding hydrogens is 262 g/mol. The monoisotopic (exact) mass is 277 g/mol. The Balaban J connectivity index is 2.18. The van der Waals surface area contributed by atoms with Crippen LogP contribution in [0.15, 0.2) is 24.3 Å². The molecule has 3 N–H and O–H groups in total. The Kier molecular flexibility index (Phi) is 3.25. The summed E-state index contributed by atoms with van der Waals surface area (Å²) >= 11 is 0. The number of nitrogens with one attached hydrogen (secondary N) is 1. The van der Waals surface area contributed by atoms with E-state index in [0.717, 1.165) is 0 Å². The molecule has 1 amide bonds. The first-order chi connectivity index (χ1) is 9.26. The van der Waals surface area contributed by atoms with Crippen LogP contribution in [-0.4, -0.2) is 28.1 Å². The van der Waals surface area contributed by atoms with Crippen molar-refractivity contribution in [1.82, 2.24) is 0 Å². The van der Waals surface area contributed by atoms with Crippen molar-refractivity contribution in [1.29, 1.82) is 0 Å². The van der Waals surface area contributed by atoms with Crippen molar-refractivity contribution in [3.63, 3.8) is 0 Å². The summed E-state index contributed by atoms with van der Waals surface area (Å²) in [7, 11) is 0. The van der Waals surface area contributed by atoms with E-state index in [9.17, 15) is 14.4 Å². The first-order valence-electron chi connectivity index (χ1n) is 6.12. The van der Waals surface area contributed by atoms with Gasteiger partial charge in [0.05, 0.1) is 23.1 Å². The Hall–Kier alpha value is -2.37. The van der Waals surface area contributed by atoms with Crippen LogP contribution in [0.3, 0.4) is 0 Å². The SMILES string of the molecule is CC1(C)[C@H](C(=O)O)[C@@H]1C(=O)Nc1ccccc1C(=O)O. The van der Waals surface area contributed by atoms with Crippen LogP contribution in [0, 0.1) is 17.3 Å². The van der Waals surface area contributed by atoms with Gasteiger partial charge in [-0.15, -0.1) is 0 Å². The molecule has 0 aliphatic heterocycles. The third-order valence-corrected chi connectivity index (χ3v) is 3.79. The Bertz CT molecular complexity index is 593. The molecule has 20 heavy (non-hydrogen) atoms. The maximum absolute atomic E-state index is 12.1. The number of amides is 1. The normalized spacial score (nSPS) is 22.9. The number of carboxylic acid groups (broad SMARTS) is 2. The smallest absolute Gasteiger partial charge is 0.337 e. The molecular formula is C14H15NO5. The second kappa shape index (κ2) is 4.63. The fourth-order valence-electron chi connectivity index (χ4n) is 2.58. The fourth-order valence-corrected chi connectivity index (χ4v) is 2.58. The van der Waals surface area contributed by atoms with E-state index in [4.69, 9.17) is 10.2 Å². The summed E-state index contributed by atoms with van der Waals surface area (Å²) in [5.74, 6) is -4.01. The van der Waals surface area contributed by atoms with Gasteiger partial charge in [-0.25, -0.2) is 4.79 Å². The van der Waals surface area contributed by atoms with Crippen molar-refractivity contribution in [3.8, 4) is 0 Å². The van der Waals surface area contributed by atoms with Gasteiger partial charge in [0.15, 0.2) is 0 Å². The highest BCUT2D eigenvalue weighted by molar-refractivity contribution is 6.04. The predicted molar refractivity (Wildman–Crippen MR) is 70.4 cm³/mol. The molecule has 1 aliphatic rings. The van der Waals surface area contributed by atoms with Crippen LogP contribution in [0.1, 0.15) is 24.2 Å². The second-order valence-corrected chi connectivity index (χ2v) is 5.45. The zero-order chi connectivity index (χ0) is 15.1. The van der Waals surface area contributed by atoms with Crippen molar-refractivity contribution >= 4 is 23.5 Å². The Labute approximate surface area is 115 Å². The molecule has 0 spiro atoms. The highest BCUT2D eigenvalue weighted by atomic mass is 16.4. The van der Waals surface area contributed by atoms with Gasteiger partial charge in [-0.2, -0.15) is 0 Å². The second-order valence-electron chi connectivity index (χ2n) is 5.45. The largest absolute Gasteiger partial charge is 0.481 e. The van der Waals surface area contributed by atoms with Crippen LogP contribution < -0.4 is 5.32 Å². The van der Waals surface area contributed by atoms with Crippen LogP contribution in [-0.2, 0) is 9.59 Å². The molecule has 2 atom stereocenters. The maximum Gasteiger partial charge on any atom is 0.337 e. The van der Waals surface area contributed by atoms with E-state index in [1.165, 1.54) is 12.1 Å². The summed E-state index contributed by atoms with van der Waals surface area (Å²) in [6.45, 7) is 3.41. The third-order valence-electron chi connectivity index (χ3n) is 3.79. The van der Waals surface area contributed by atoms with Crippen LogP contribution in [0.4, 0.5) is 5.69 Å². The Morgan fingerprint density at radius 3 is 2.20 bits per heavy atom. The number of para-hydroxylation sites is 1. The predicted octanol–water partition coefficient (Wildman–Crippen LogP) is 1.68. The Morgan fingerprint density at radius 2 is 1.70 bits per heavy atom. The molecule has 0 unspecified atom stereocenters. The number of hydrogen-bond donors (Lipinski definition) is 3. The van der Waals surface area contributed by atoms with E-state index in [2.05, 4.69) is 5.32 Å². The molecule has 1 saturated carbocycles. The van der Waals surface area contributed by atoms with Crippen molar-refractivity contribution in [3.05, 3.63) is 29.8 Å². The summed E-state index contributed by atoms with van der Waals surface area (Å²) in [5, 5.41) is 20.6. The topological polar surface area (TPSA) is 104 Å². The molecule has 0 bridgehead atoms. The summed E-state index contributed by atoms with van der Waals surface area (Å²) < 4.78 is 0. The quantitative estimate of drug-likeness (QED) is 0.776. The molecule has 1 aromatic rings. The van der Waals surface area contributed by atoms with Gasteiger partial charge in [-0.3, -0.25) is 9.59 Å². The molecule has 6 heteroatoms. The maximum atomic E-state index is 12.1.